The van der Waals surface area contributed by atoms with Gasteiger partial charge in [0.25, 0.3) is 5.91 Å². The third-order valence-corrected chi connectivity index (χ3v) is 3.12. The molecule has 1 aliphatic heterocycles. The van der Waals surface area contributed by atoms with Crippen molar-refractivity contribution in [3.05, 3.63) is 41.0 Å². The number of para-hydroxylation sites is 1. The van der Waals surface area contributed by atoms with Crippen LogP contribution in [0, 0.1) is 6.92 Å². The fourth-order valence-electron chi connectivity index (χ4n) is 1.96. The number of carbonyl (C=O) groups is 1. The number of aromatic hydroxyl groups is 1. The first kappa shape index (κ1) is 12.6. The topological polar surface area (TPSA) is 61.4 Å². The quantitative estimate of drug-likeness (QED) is 0.705. The normalized spacial score (nSPS) is 15.1. The molecule has 1 aromatic carbocycles. The maximum atomic E-state index is 11.9. The second-order valence-electron chi connectivity index (χ2n) is 4.47. The summed E-state index contributed by atoms with van der Waals surface area (Å²) in [6.45, 7) is 4.15. The number of hydrogen-bond donors (Lipinski definition) is 3. The van der Waals surface area contributed by atoms with Gasteiger partial charge in [-0.05, 0) is 31.5 Å². The molecule has 0 fully saturated rings. The highest BCUT2D eigenvalue weighted by atomic mass is 16.3. The van der Waals surface area contributed by atoms with Crippen molar-refractivity contribution in [1.29, 1.82) is 0 Å². The minimum atomic E-state index is -0.226. The fraction of sp³-hybridized carbons (Fsp3) is 0.357. The Morgan fingerprint density at radius 2 is 2.33 bits per heavy atom. The molecule has 4 nitrogen and oxygen atoms in total. The third-order valence-electron chi connectivity index (χ3n) is 3.12. The summed E-state index contributed by atoms with van der Waals surface area (Å²) >= 11 is 0. The molecular weight excluding hydrogens is 228 g/mol. The molecule has 0 aromatic heterocycles. The lowest BCUT2D eigenvalue weighted by atomic mass is 10.1. The molecule has 2 rings (SSSR count). The molecule has 0 spiro atoms. The molecule has 0 saturated carbocycles. The first-order valence-electron chi connectivity index (χ1n) is 6.14. The van der Waals surface area contributed by atoms with E-state index in [0.717, 1.165) is 19.5 Å². The Balaban J connectivity index is 1.99. The van der Waals surface area contributed by atoms with Crippen LogP contribution < -0.4 is 10.6 Å². The van der Waals surface area contributed by atoms with Gasteiger partial charge in [0.1, 0.15) is 5.75 Å². The molecule has 0 radical (unpaired) electrons. The summed E-state index contributed by atoms with van der Waals surface area (Å²) in [5.74, 6) is -0.162. The van der Waals surface area contributed by atoms with E-state index in [9.17, 15) is 9.90 Å². The summed E-state index contributed by atoms with van der Waals surface area (Å²) in [6.07, 6.45) is 3.06. The van der Waals surface area contributed by atoms with E-state index in [4.69, 9.17) is 0 Å². The zero-order chi connectivity index (χ0) is 13.0. The number of nitrogens with one attached hydrogen (secondary N) is 2. The molecule has 0 bridgehead atoms. The van der Waals surface area contributed by atoms with E-state index in [1.54, 1.807) is 25.1 Å². The van der Waals surface area contributed by atoms with Crippen LogP contribution in [0.25, 0.3) is 0 Å². The van der Waals surface area contributed by atoms with Crippen molar-refractivity contribution in [2.75, 3.05) is 19.6 Å². The van der Waals surface area contributed by atoms with Crippen molar-refractivity contribution in [1.82, 2.24) is 10.6 Å². The Morgan fingerprint density at radius 1 is 1.50 bits per heavy atom. The van der Waals surface area contributed by atoms with Crippen LogP contribution in [0.5, 0.6) is 5.75 Å². The Labute approximate surface area is 107 Å². The number of benzene rings is 1. The molecule has 1 heterocycles. The Morgan fingerprint density at radius 3 is 3.06 bits per heavy atom. The van der Waals surface area contributed by atoms with Gasteiger partial charge in [-0.3, -0.25) is 4.79 Å². The standard InChI is InChI=1S/C14H18N2O2/c1-10-3-2-4-12(13(10)17)14(18)16-9-11-5-7-15-8-6-11/h2-5,15,17H,6-9H2,1H3,(H,16,18). The molecule has 0 unspecified atom stereocenters. The summed E-state index contributed by atoms with van der Waals surface area (Å²) in [6, 6.07) is 5.18. The highest BCUT2D eigenvalue weighted by molar-refractivity contribution is 5.97. The number of aryl methyl sites for hydroxylation is 1. The lowest BCUT2D eigenvalue weighted by Crippen LogP contribution is -2.29. The number of phenols is 1. The van der Waals surface area contributed by atoms with Gasteiger partial charge in [0.15, 0.2) is 0 Å². The van der Waals surface area contributed by atoms with Crippen molar-refractivity contribution in [2.45, 2.75) is 13.3 Å². The first-order valence-corrected chi connectivity index (χ1v) is 6.14. The monoisotopic (exact) mass is 246 g/mol. The molecule has 96 valence electrons. The van der Waals surface area contributed by atoms with Crippen LogP contribution in [0.1, 0.15) is 22.3 Å². The van der Waals surface area contributed by atoms with Crippen molar-refractivity contribution in [3.8, 4) is 5.75 Å². The summed E-state index contributed by atoms with van der Waals surface area (Å²) in [5.41, 5.74) is 2.28. The van der Waals surface area contributed by atoms with Crippen LogP contribution in [0.2, 0.25) is 0 Å². The maximum Gasteiger partial charge on any atom is 0.255 e. The number of rotatable bonds is 3. The van der Waals surface area contributed by atoms with Crippen molar-refractivity contribution < 1.29 is 9.90 Å². The number of phenolic OH excluding ortho intramolecular Hbond substituents is 1. The van der Waals surface area contributed by atoms with Crippen LogP contribution in [-0.4, -0.2) is 30.6 Å². The molecule has 1 amide bonds. The number of amides is 1. The van der Waals surface area contributed by atoms with E-state index < -0.39 is 0 Å². The van der Waals surface area contributed by atoms with E-state index in [-0.39, 0.29) is 11.7 Å². The molecule has 4 heteroatoms. The lowest BCUT2D eigenvalue weighted by Gasteiger charge is -2.15. The zero-order valence-electron chi connectivity index (χ0n) is 10.5. The number of hydrogen-bond acceptors (Lipinski definition) is 3. The second-order valence-corrected chi connectivity index (χ2v) is 4.47. The second kappa shape index (κ2) is 5.69. The summed E-state index contributed by atoms with van der Waals surface area (Å²) in [4.78, 5) is 11.9. The summed E-state index contributed by atoms with van der Waals surface area (Å²) in [7, 11) is 0. The van der Waals surface area contributed by atoms with Gasteiger partial charge in [0.2, 0.25) is 0 Å². The Hall–Kier alpha value is -1.81. The highest BCUT2D eigenvalue weighted by Gasteiger charge is 2.12. The summed E-state index contributed by atoms with van der Waals surface area (Å²) < 4.78 is 0. The minimum absolute atomic E-state index is 0.0642. The molecule has 18 heavy (non-hydrogen) atoms. The van der Waals surface area contributed by atoms with Crippen molar-refractivity contribution >= 4 is 5.91 Å². The van der Waals surface area contributed by atoms with Gasteiger partial charge in [-0.2, -0.15) is 0 Å². The molecule has 0 aliphatic carbocycles. The lowest BCUT2D eigenvalue weighted by molar-refractivity contribution is 0.0954. The summed E-state index contributed by atoms with van der Waals surface area (Å²) in [5, 5.41) is 15.9. The van der Waals surface area contributed by atoms with Crippen LogP contribution in [0.3, 0.4) is 0 Å². The molecular formula is C14H18N2O2. The van der Waals surface area contributed by atoms with Crippen LogP contribution in [0.4, 0.5) is 0 Å². The minimum Gasteiger partial charge on any atom is -0.507 e. The van der Waals surface area contributed by atoms with E-state index in [1.807, 2.05) is 0 Å². The van der Waals surface area contributed by atoms with Gasteiger partial charge in [-0.25, -0.2) is 0 Å². The molecule has 3 N–H and O–H groups in total. The molecule has 1 aliphatic rings. The largest absolute Gasteiger partial charge is 0.507 e. The highest BCUT2D eigenvalue weighted by Crippen LogP contribution is 2.21. The van der Waals surface area contributed by atoms with Gasteiger partial charge >= 0.3 is 0 Å². The van der Waals surface area contributed by atoms with Gasteiger partial charge < -0.3 is 15.7 Å². The van der Waals surface area contributed by atoms with Gasteiger partial charge in [-0.1, -0.05) is 23.8 Å². The van der Waals surface area contributed by atoms with Gasteiger partial charge in [0.05, 0.1) is 5.56 Å². The zero-order valence-corrected chi connectivity index (χ0v) is 10.5. The average molecular weight is 246 g/mol. The molecule has 0 atom stereocenters. The van der Waals surface area contributed by atoms with E-state index in [0.29, 0.717) is 17.7 Å². The predicted octanol–water partition coefficient (Wildman–Crippen LogP) is 1.35. The maximum absolute atomic E-state index is 11.9. The fourth-order valence-corrected chi connectivity index (χ4v) is 1.96. The SMILES string of the molecule is Cc1cccc(C(=O)NCC2=CCNCC2)c1O. The van der Waals surface area contributed by atoms with Crippen LogP contribution in [-0.2, 0) is 0 Å². The predicted molar refractivity (Wildman–Crippen MR) is 70.7 cm³/mol. The van der Waals surface area contributed by atoms with E-state index in [2.05, 4.69) is 16.7 Å². The Kier molecular flexibility index (Phi) is 3.99. The Bertz CT molecular complexity index is 481. The first-order chi connectivity index (χ1) is 8.68. The van der Waals surface area contributed by atoms with Crippen molar-refractivity contribution in [2.24, 2.45) is 0 Å². The number of carbonyl (C=O) groups excluding carboxylic acids is 1. The molecule has 1 aromatic rings. The van der Waals surface area contributed by atoms with Crippen molar-refractivity contribution in [3.63, 3.8) is 0 Å². The van der Waals surface area contributed by atoms with Gasteiger partial charge in [0, 0.05) is 13.1 Å². The van der Waals surface area contributed by atoms with E-state index in [1.165, 1.54) is 5.57 Å². The molecule has 0 saturated heterocycles. The van der Waals surface area contributed by atoms with Gasteiger partial charge in [-0.15, -0.1) is 0 Å². The third kappa shape index (κ3) is 2.90. The average Bonchev–Trinajstić information content (AvgIpc) is 2.40. The van der Waals surface area contributed by atoms with Crippen LogP contribution >= 0.6 is 0 Å². The smallest absolute Gasteiger partial charge is 0.255 e. The van der Waals surface area contributed by atoms with Crippen LogP contribution in [0.15, 0.2) is 29.8 Å². The van der Waals surface area contributed by atoms with E-state index >= 15 is 0 Å².